The van der Waals surface area contributed by atoms with Gasteiger partial charge in [-0.25, -0.2) is 4.79 Å². The van der Waals surface area contributed by atoms with Crippen LogP contribution in [0, 0.1) is 5.92 Å². The molecule has 0 atom stereocenters. The fraction of sp³-hybridized carbons (Fsp3) is 0.571. The lowest BCUT2D eigenvalue weighted by molar-refractivity contribution is -0.131. The van der Waals surface area contributed by atoms with Gasteiger partial charge >= 0.3 is 5.97 Å². The molecule has 0 radical (unpaired) electrons. The predicted octanol–water partition coefficient (Wildman–Crippen LogP) is 4.93. The molecular weight excluding hydrogens is 316 g/mol. The molecule has 0 bridgehead atoms. The molecule has 0 heterocycles. The predicted molar refractivity (Wildman–Crippen MR) is 99.8 cm³/mol. The van der Waals surface area contributed by atoms with E-state index in [0.717, 1.165) is 56.3 Å². The standard InChI is InChI=1S/C21H30O4/c1-2-3-4-15-24-19-12-7-18(8-13-19)16-25-20-10-5-17(6-11-20)9-14-21(22)23/h5-6,9-11,14,18-19H,2-4,7-8,12-13,15-16H2,1H3,(H,22,23)/b14-9+. The number of aliphatic carboxylic acids is 1. The maximum Gasteiger partial charge on any atom is 0.328 e. The quantitative estimate of drug-likeness (QED) is 0.482. The second-order valence-electron chi connectivity index (χ2n) is 6.77. The maximum absolute atomic E-state index is 10.5. The van der Waals surface area contributed by atoms with Gasteiger partial charge in [0.2, 0.25) is 0 Å². The number of ether oxygens (including phenoxy) is 2. The number of unbranched alkanes of at least 4 members (excludes halogenated alkanes) is 2. The summed E-state index contributed by atoms with van der Waals surface area (Å²) in [6.07, 6.45) is 11.4. The first kappa shape index (κ1) is 19.5. The average Bonchev–Trinajstić information content (AvgIpc) is 2.63. The van der Waals surface area contributed by atoms with Gasteiger partial charge in [0.25, 0.3) is 0 Å². The molecule has 1 N–H and O–H groups in total. The van der Waals surface area contributed by atoms with Crippen molar-refractivity contribution >= 4 is 12.0 Å². The summed E-state index contributed by atoms with van der Waals surface area (Å²) in [5.41, 5.74) is 0.857. The van der Waals surface area contributed by atoms with Gasteiger partial charge in [0.15, 0.2) is 0 Å². The van der Waals surface area contributed by atoms with Crippen molar-refractivity contribution in [2.45, 2.75) is 58.0 Å². The summed E-state index contributed by atoms with van der Waals surface area (Å²) in [5.74, 6) is 0.498. The van der Waals surface area contributed by atoms with Gasteiger partial charge in [-0.05, 0) is 61.8 Å². The van der Waals surface area contributed by atoms with Gasteiger partial charge in [-0.3, -0.25) is 0 Å². The Hall–Kier alpha value is -1.81. The zero-order valence-electron chi connectivity index (χ0n) is 15.2. The van der Waals surface area contributed by atoms with Gasteiger partial charge in [0.1, 0.15) is 5.75 Å². The van der Waals surface area contributed by atoms with E-state index in [2.05, 4.69) is 6.92 Å². The largest absolute Gasteiger partial charge is 0.493 e. The lowest BCUT2D eigenvalue weighted by Crippen LogP contribution is -2.25. The van der Waals surface area contributed by atoms with E-state index in [4.69, 9.17) is 14.6 Å². The van der Waals surface area contributed by atoms with E-state index in [1.807, 2.05) is 24.3 Å². The highest BCUT2D eigenvalue weighted by Crippen LogP contribution is 2.27. The van der Waals surface area contributed by atoms with E-state index in [1.54, 1.807) is 6.08 Å². The highest BCUT2D eigenvalue weighted by Gasteiger charge is 2.22. The number of carboxylic acids is 1. The Morgan fingerprint density at radius 1 is 1.16 bits per heavy atom. The van der Waals surface area contributed by atoms with Crippen molar-refractivity contribution in [2.24, 2.45) is 5.92 Å². The molecule has 1 aromatic carbocycles. The molecule has 25 heavy (non-hydrogen) atoms. The number of benzene rings is 1. The van der Waals surface area contributed by atoms with Crippen molar-refractivity contribution < 1.29 is 19.4 Å². The molecule has 1 aromatic rings. The van der Waals surface area contributed by atoms with Gasteiger partial charge in [-0.15, -0.1) is 0 Å². The minimum Gasteiger partial charge on any atom is -0.493 e. The first-order valence-electron chi connectivity index (χ1n) is 9.43. The molecular formula is C21H30O4. The average molecular weight is 346 g/mol. The molecule has 2 rings (SSSR count). The Morgan fingerprint density at radius 2 is 1.88 bits per heavy atom. The Kier molecular flexibility index (Phi) is 8.53. The topological polar surface area (TPSA) is 55.8 Å². The summed E-state index contributed by atoms with van der Waals surface area (Å²) in [6.45, 7) is 3.86. The van der Waals surface area contributed by atoms with Gasteiger partial charge in [-0.2, -0.15) is 0 Å². The second kappa shape index (κ2) is 10.9. The van der Waals surface area contributed by atoms with Crippen molar-refractivity contribution in [1.82, 2.24) is 0 Å². The number of hydrogen-bond donors (Lipinski definition) is 1. The molecule has 138 valence electrons. The van der Waals surface area contributed by atoms with Gasteiger partial charge in [-0.1, -0.05) is 31.9 Å². The molecule has 1 saturated carbocycles. The van der Waals surface area contributed by atoms with E-state index in [9.17, 15) is 4.79 Å². The summed E-state index contributed by atoms with van der Waals surface area (Å²) in [5, 5.41) is 8.63. The fourth-order valence-electron chi connectivity index (χ4n) is 3.12. The minimum absolute atomic E-state index is 0.438. The number of carboxylic acid groups (broad SMARTS) is 1. The Bertz CT molecular complexity index is 527. The summed E-state index contributed by atoms with van der Waals surface area (Å²) < 4.78 is 11.9. The van der Waals surface area contributed by atoms with E-state index in [0.29, 0.717) is 12.0 Å². The van der Waals surface area contributed by atoms with Crippen LogP contribution in [0.3, 0.4) is 0 Å². The summed E-state index contributed by atoms with van der Waals surface area (Å²) in [4.78, 5) is 10.5. The SMILES string of the molecule is CCCCCOC1CCC(COc2ccc(/C=C/C(=O)O)cc2)CC1. The van der Waals surface area contributed by atoms with E-state index in [1.165, 1.54) is 19.3 Å². The molecule has 0 aliphatic heterocycles. The third kappa shape index (κ3) is 7.74. The minimum atomic E-state index is -0.940. The summed E-state index contributed by atoms with van der Waals surface area (Å²) >= 11 is 0. The van der Waals surface area contributed by atoms with Gasteiger partial charge in [0, 0.05) is 12.7 Å². The normalized spacial score (nSPS) is 20.7. The van der Waals surface area contributed by atoms with Crippen LogP contribution in [0.5, 0.6) is 5.75 Å². The first-order valence-corrected chi connectivity index (χ1v) is 9.43. The first-order chi connectivity index (χ1) is 12.2. The van der Waals surface area contributed by atoms with Crippen molar-refractivity contribution in [2.75, 3.05) is 13.2 Å². The van der Waals surface area contributed by atoms with Crippen LogP contribution in [0.2, 0.25) is 0 Å². The third-order valence-corrected chi connectivity index (χ3v) is 4.68. The molecule has 0 amide bonds. The Morgan fingerprint density at radius 3 is 2.52 bits per heavy atom. The number of hydrogen-bond acceptors (Lipinski definition) is 3. The van der Waals surface area contributed by atoms with Crippen molar-refractivity contribution in [3.63, 3.8) is 0 Å². The van der Waals surface area contributed by atoms with Gasteiger partial charge in [0.05, 0.1) is 12.7 Å². The van der Waals surface area contributed by atoms with E-state index >= 15 is 0 Å². The van der Waals surface area contributed by atoms with Crippen LogP contribution in [-0.2, 0) is 9.53 Å². The van der Waals surface area contributed by atoms with Crippen molar-refractivity contribution in [1.29, 1.82) is 0 Å². The number of rotatable bonds is 10. The van der Waals surface area contributed by atoms with Crippen LogP contribution in [0.4, 0.5) is 0 Å². The van der Waals surface area contributed by atoms with Gasteiger partial charge < -0.3 is 14.6 Å². The van der Waals surface area contributed by atoms with Crippen molar-refractivity contribution in [3.8, 4) is 5.75 Å². The van der Waals surface area contributed by atoms with E-state index < -0.39 is 5.97 Å². The lowest BCUT2D eigenvalue weighted by atomic mass is 9.88. The second-order valence-corrected chi connectivity index (χ2v) is 6.77. The van der Waals surface area contributed by atoms with Crippen LogP contribution in [-0.4, -0.2) is 30.4 Å². The Balaban J connectivity index is 1.64. The van der Waals surface area contributed by atoms with Crippen LogP contribution < -0.4 is 4.74 Å². The zero-order chi connectivity index (χ0) is 17.9. The molecule has 1 aliphatic rings. The molecule has 1 fully saturated rings. The molecule has 0 spiro atoms. The molecule has 4 heteroatoms. The molecule has 0 unspecified atom stereocenters. The summed E-state index contributed by atoms with van der Waals surface area (Å²) in [7, 11) is 0. The van der Waals surface area contributed by atoms with Crippen molar-refractivity contribution in [3.05, 3.63) is 35.9 Å². The molecule has 4 nitrogen and oxygen atoms in total. The van der Waals surface area contributed by atoms with Crippen LogP contribution in [0.1, 0.15) is 57.4 Å². The fourth-order valence-corrected chi connectivity index (χ4v) is 3.12. The maximum atomic E-state index is 10.5. The van der Waals surface area contributed by atoms with Crippen LogP contribution >= 0.6 is 0 Å². The smallest absolute Gasteiger partial charge is 0.328 e. The highest BCUT2D eigenvalue weighted by molar-refractivity contribution is 5.85. The highest BCUT2D eigenvalue weighted by atomic mass is 16.5. The molecule has 0 aromatic heterocycles. The third-order valence-electron chi connectivity index (χ3n) is 4.68. The monoisotopic (exact) mass is 346 g/mol. The van der Waals surface area contributed by atoms with Crippen LogP contribution in [0.25, 0.3) is 6.08 Å². The zero-order valence-corrected chi connectivity index (χ0v) is 15.2. The lowest BCUT2D eigenvalue weighted by Gasteiger charge is -2.28. The molecule has 0 saturated heterocycles. The van der Waals surface area contributed by atoms with Crippen LogP contribution in [0.15, 0.2) is 30.3 Å². The van der Waals surface area contributed by atoms with E-state index in [-0.39, 0.29) is 0 Å². The summed E-state index contributed by atoms with van der Waals surface area (Å²) in [6, 6.07) is 7.53. The number of carbonyl (C=O) groups is 1. The Labute approximate surface area is 150 Å². The molecule has 1 aliphatic carbocycles.